The van der Waals surface area contributed by atoms with E-state index in [4.69, 9.17) is 22.1 Å². The lowest BCUT2D eigenvalue weighted by Gasteiger charge is -2.34. The summed E-state index contributed by atoms with van der Waals surface area (Å²) in [5.41, 5.74) is 33.8. The van der Waals surface area contributed by atoms with Gasteiger partial charge in [-0.3, -0.25) is 0 Å². The summed E-state index contributed by atoms with van der Waals surface area (Å²) in [6.45, 7) is 35.7. The van der Waals surface area contributed by atoms with E-state index in [1.807, 2.05) is 66.9 Å². The Bertz CT molecular complexity index is 8340. The highest BCUT2D eigenvalue weighted by Crippen LogP contribution is 2.55. The van der Waals surface area contributed by atoms with Crippen molar-refractivity contribution in [2.45, 2.75) is 159 Å². The van der Waals surface area contributed by atoms with Gasteiger partial charge in [0.25, 0.3) is 0 Å². The van der Waals surface area contributed by atoms with E-state index < -0.39 is 0 Å². The highest BCUT2D eigenvalue weighted by atomic mass is 16.3. The van der Waals surface area contributed by atoms with Gasteiger partial charge in [-0.25, -0.2) is 4.98 Å². The number of rotatable bonds is 11. The smallest absolute Gasteiger partial charge is 0.159 e. The van der Waals surface area contributed by atoms with E-state index in [9.17, 15) is 0 Å². The Morgan fingerprint density at radius 1 is 0.243 bits per heavy atom. The van der Waals surface area contributed by atoms with E-state index in [1.54, 1.807) is 0 Å². The number of aromatic nitrogens is 1. The third-order valence-electron chi connectivity index (χ3n) is 29.1. The molecule has 16 nitrogen and oxygen atoms in total. The number of nitrogens with zero attached hydrogens (tertiary/aromatic N) is 11. The number of para-hydroxylation sites is 12. The molecule has 0 aliphatic carbocycles. The summed E-state index contributed by atoms with van der Waals surface area (Å²) in [5, 5.41) is 11.7. The van der Waals surface area contributed by atoms with E-state index in [2.05, 4.69) is 457 Å². The molecule has 0 radical (unpaired) electrons. The fourth-order valence-electron chi connectivity index (χ4n) is 22.2. The number of aryl methyl sites for hydroxylation is 5. The number of furan rings is 5. The van der Waals surface area contributed by atoms with E-state index in [1.165, 1.54) is 117 Å². The largest absolute Gasteiger partial charge is 0.454 e. The maximum Gasteiger partial charge on any atom is 0.159 e. The molecular weight excluding hydrogens is 1720 g/mol. The summed E-state index contributed by atoms with van der Waals surface area (Å²) in [5.74, 6) is 1.89. The number of hydrogen-bond acceptors (Lipinski definition) is 16. The Morgan fingerprint density at radius 2 is 0.550 bits per heavy atom. The van der Waals surface area contributed by atoms with Gasteiger partial charge in [0.05, 0.1) is 56.9 Å². The summed E-state index contributed by atoms with van der Waals surface area (Å²) in [7, 11) is 2.11. The third kappa shape index (κ3) is 15.0. The topological polar surface area (TPSA) is 111 Å². The van der Waals surface area contributed by atoms with Gasteiger partial charge in [0.1, 0.15) is 58.7 Å². The molecule has 698 valence electrons. The van der Waals surface area contributed by atoms with Crippen LogP contribution in [0.1, 0.15) is 127 Å². The second-order valence-electron chi connectivity index (χ2n) is 38.6. The van der Waals surface area contributed by atoms with Crippen LogP contribution in [0.3, 0.4) is 0 Å². The van der Waals surface area contributed by atoms with Gasteiger partial charge in [0.2, 0.25) is 0 Å². The van der Waals surface area contributed by atoms with Crippen LogP contribution in [0, 0.1) is 34.6 Å². The van der Waals surface area contributed by atoms with Crippen LogP contribution in [0.4, 0.5) is 79.8 Å². The minimum Gasteiger partial charge on any atom is -0.454 e. The van der Waals surface area contributed by atoms with Crippen molar-refractivity contribution in [1.82, 2.24) is 4.98 Å². The second-order valence-corrected chi connectivity index (χ2v) is 38.6. The normalized spacial score (nSPS) is 16.5. The van der Waals surface area contributed by atoms with Gasteiger partial charge in [-0.1, -0.05) is 258 Å². The third-order valence-corrected chi connectivity index (χ3v) is 29.1. The molecule has 0 spiro atoms. The van der Waals surface area contributed by atoms with Crippen molar-refractivity contribution in [1.29, 1.82) is 0 Å². The molecule has 15 aromatic carbocycles. The highest BCUT2D eigenvalue weighted by Gasteiger charge is 2.42. The Kier molecular flexibility index (Phi) is 23.0. The lowest BCUT2D eigenvalue weighted by atomic mass is 9.92. The molecule has 5 atom stereocenters. The Hall–Kier alpha value is -16.1. The van der Waals surface area contributed by atoms with Crippen molar-refractivity contribution in [2.24, 2.45) is 0 Å². The first-order valence-corrected chi connectivity index (χ1v) is 49.2. The Morgan fingerprint density at radius 3 is 0.950 bits per heavy atom. The Balaban J connectivity index is 0.000000101. The Labute approximate surface area is 818 Å². The monoisotopic (exact) mass is 1840 g/mol. The molecule has 0 saturated carbocycles. The molecule has 26 rings (SSSR count). The molecule has 5 aliphatic rings. The molecule has 0 N–H and O–H groups in total. The average Bonchev–Trinajstić information content (AvgIpc) is 1.56. The highest BCUT2D eigenvalue weighted by molar-refractivity contribution is 6.16. The van der Waals surface area contributed by atoms with E-state index in [-0.39, 0.29) is 30.8 Å². The van der Waals surface area contributed by atoms with Crippen molar-refractivity contribution < 1.29 is 22.1 Å². The molecular formula is C124H117N11O5. The minimum atomic E-state index is 0.113. The molecule has 0 saturated heterocycles. The number of pyridine rings is 1. The number of hydrogen-bond donors (Lipinski definition) is 0. The molecule has 11 heterocycles. The van der Waals surface area contributed by atoms with Gasteiger partial charge in [0.15, 0.2) is 33.7 Å². The van der Waals surface area contributed by atoms with Crippen molar-refractivity contribution in [2.75, 3.05) is 56.0 Å². The van der Waals surface area contributed by atoms with E-state index in [0.717, 1.165) is 112 Å². The molecule has 0 bridgehead atoms. The average molecular weight is 1840 g/mol. The van der Waals surface area contributed by atoms with Crippen LogP contribution in [0.25, 0.3) is 110 Å². The van der Waals surface area contributed by atoms with Gasteiger partial charge < -0.3 is 71.1 Å². The standard InChI is InChI=1S/C29H32N2O.C27H22N2O.C24H24N2O.C23H20N2O.C21H19N3O/c1-18(2)22-11-9-12-23(19(3)4)28(22)31-17-16-30(21(31)6)27-20(5)14-15-25-24-10-7-8-13-26(24)32-29(25)27;1-18-16-17-22-21-12-6-9-15-25(21)30-27(22)26(18)29-19(2)28(20-10-4-3-5-11-20)23-13-7-8-14-24(23)29;1-15(2)25-17(4)26(21-11-7-6-10-20(21)25)23-16(3)13-14-19-18-9-5-8-12-22(18)27-24(19)23;1-16-12-13-20-19-10-6-7-11-21(19)26-23(20)22(16)25-15-14-24(17(25)2)18-8-4-3-5-9-18;1-13-10-11-16-15-7-4-5-9-18(15)25-20(16)19(13)24-14(2)23(3)17-8-6-12-22-21(17)24/h7-19,21H,1-6H3;3-17,19H,1-2H3;5-15,17H,1-4H3;3-15,17H,1-2H3;4-12,14H,1-3H3. The van der Waals surface area contributed by atoms with Gasteiger partial charge in [-0.2, -0.15) is 0 Å². The molecule has 16 heteroatoms. The molecule has 5 unspecified atom stereocenters. The zero-order valence-electron chi connectivity index (χ0n) is 82.6. The first kappa shape index (κ1) is 89.2. The van der Waals surface area contributed by atoms with E-state index >= 15 is 0 Å². The maximum absolute atomic E-state index is 6.42. The lowest BCUT2D eigenvalue weighted by molar-refractivity contribution is 0.603. The summed E-state index contributed by atoms with van der Waals surface area (Å²) in [6.07, 6.45) is 11.4. The van der Waals surface area contributed by atoms with Crippen LogP contribution in [0.5, 0.6) is 0 Å². The predicted octanol–water partition coefficient (Wildman–Crippen LogP) is 33.7. The van der Waals surface area contributed by atoms with Crippen molar-refractivity contribution in [3.63, 3.8) is 0 Å². The zero-order valence-corrected chi connectivity index (χ0v) is 82.6. The summed E-state index contributed by atoms with van der Waals surface area (Å²) < 4.78 is 31.8. The summed E-state index contributed by atoms with van der Waals surface area (Å²) in [6, 6.07) is 113. The van der Waals surface area contributed by atoms with Crippen LogP contribution >= 0.6 is 0 Å². The minimum absolute atomic E-state index is 0.113. The van der Waals surface area contributed by atoms with Crippen LogP contribution < -0.4 is 49.0 Å². The summed E-state index contributed by atoms with van der Waals surface area (Å²) >= 11 is 0. The molecule has 5 aliphatic heterocycles. The first-order chi connectivity index (χ1) is 68.1. The fraction of sp³-hybridized carbons (Fsp3) is 0.202. The van der Waals surface area contributed by atoms with Gasteiger partial charge >= 0.3 is 0 Å². The van der Waals surface area contributed by atoms with Crippen molar-refractivity contribution >= 4 is 189 Å². The van der Waals surface area contributed by atoms with Crippen molar-refractivity contribution in [3.8, 4) is 0 Å². The molecule has 140 heavy (non-hydrogen) atoms. The van der Waals surface area contributed by atoms with Crippen LogP contribution in [-0.2, 0) is 0 Å². The van der Waals surface area contributed by atoms with Crippen molar-refractivity contribution in [3.05, 3.63) is 391 Å². The van der Waals surface area contributed by atoms with Gasteiger partial charge in [0, 0.05) is 115 Å². The first-order valence-electron chi connectivity index (χ1n) is 49.2. The molecule has 0 fully saturated rings. The molecule has 0 amide bonds. The molecule has 6 aromatic heterocycles. The van der Waals surface area contributed by atoms with Crippen LogP contribution in [0.15, 0.2) is 375 Å². The lowest BCUT2D eigenvalue weighted by Crippen LogP contribution is -2.42. The molecule has 21 aromatic rings. The van der Waals surface area contributed by atoms with Crippen LogP contribution in [-0.4, -0.2) is 48.9 Å². The van der Waals surface area contributed by atoms with E-state index in [0.29, 0.717) is 17.9 Å². The SMILES string of the molecule is Cc1ccc2c(oc3ccccc32)c1N1C=CN(c2c(C(C)C)cccc2C(C)C)C1C.Cc1ccc2c(oc3ccccc32)c1N1C=CN(c2ccccc2)C1C.Cc1ccc2c(oc3ccccc32)c1N1c2ccccc2N(C(C)C)C1C.Cc1ccc2c(oc3ccccc32)c1N1c2ccccc2N(c2ccccc2)C1C.Cc1ccc2c(oc3ccccc32)c1N1c2ncccc2N(C)C1C. The quantitative estimate of drug-likeness (QED) is 0.122. The second kappa shape index (κ2) is 36.1. The number of anilines is 14. The predicted molar refractivity (Wildman–Crippen MR) is 587 cm³/mol. The van der Waals surface area contributed by atoms with Crippen LogP contribution in [0.2, 0.25) is 0 Å². The number of fused-ring (bicyclic) bond motifs is 18. The number of benzene rings is 15. The van der Waals surface area contributed by atoms with Gasteiger partial charge in [-0.15, -0.1) is 0 Å². The zero-order chi connectivity index (χ0) is 96.3. The fourth-order valence-corrected chi connectivity index (χ4v) is 22.2. The van der Waals surface area contributed by atoms with Gasteiger partial charge in [-0.05, 0) is 225 Å². The maximum atomic E-state index is 6.42. The summed E-state index contributed by atoms with van der Waals surface area (Å²) in [4.78, 5) is 28.3.